The standard InChI is InChI=1S/C14H21NO3S/c1-4-12(5-2)15-19(17,18)13-9-7-8-11(10-13)14(16)6-3/h7-10,12,15H,4-6H2,1-3H3. The van der Waals surface area contributed by atoms with E-state index in [0.29, 0.717) is 12.0 Å². The summed E-state index contributed by atoms with van der Waals surface area (Å²) in [5.74, 6) is -0.0559. The average Bonchev–Trinajstić information content (AvgIpc) is 2.44. The van der Waals surface area contributed by atoms with Gasteiger partial charge < -0.3 is 0 Å². The summed E-state index contributed by atoms with van der Waals surface area (Å²) in [4.78, 5) is 11.8. The lowest BCUT2D eigenvalue weighted by Gasteiger charge is -2.15. The van der Waals surface area contributed by atoms with E-state index < -0.39 is 10.0 Å². The minimum absolute atomic E-state index is 0.0559. The molecule has 19 heavy (non-hydrogen) atoms. The normalized spacial score (nSPS) is 11.8. The Kier molecular flexibility index (Phi) is 5.69. The van der Waals surface area contributed by atoms with Crippen molar-refractivity contribution in [3.63, 3.8) is 0 Å². The second-order valence-electron chi connectivity index (χ2n) is 4.44. The molecule has 0 aliphatic heterocycles. The number of rotatable bonds is 7. The number of hydrogen-bond donors (Lipinski definition) is 1. The summed E-state index contributed by atoms with van der Waals surface area (Å²) in [7, 11) is -3.55. The quantitative estimate of drug-likeness (QED) is 0.783. The van der Waals surface area contributed by atoms with Crippen molar-refractivity contribution < 1.29 is 13.2 Å². The maximum Gasteiger partial charge on any atom is 0.240 e. The summed E-state index contributed by atoms with van der Waals surface area (Å²) < 4.78 is 27.1. The second-order valence-corrected chi connectivity index (χ2v) is 6.15. The molecule has 0 saturated carbocycles. The van der Waals surface area contributed by atoms with Crippen LogP contribution < -0.4 is 4.72 Å². The lowest BCUT2D eigenvalue weighted by atomic mass is 10.1. The van der Waals surface area contributed by atoms with Gasteiger partial charge in [0.1, 0.15) is 0 Å². The Hall–Kier alpha value is -1.20. The maximum atomic E-state index is 12.2. The van der Waals surface area contributed by atoms with Crippen LogP contribution in [0.2, 0.25) is 0 Å². The lowest BCUT2D eigenvalue weighted by molar-refractivity contribution is 0.0988. The highest BCUT2D eigenvalue weighted by atomic mass is 32.2. The Morgan fingerprint density at radius 3 is 2.37 bits per heavy atom. The van der Waals surface area contributed by atoms with Gasteiger partial charge in [-0.3, -0.25) is 4.79 Å². The summed E-state index contributed by atoms with van der Waals surface area (Å²) in [6.07, 6.45) is 1.84. The predicted molar refractivity (Wildman–Crippen MR) is 75.8 cm³/mol. The van der Waals surface area contributed by atoms with Gasteiger partial charge in [-0.2, -0.15) is 0 Å². The van der Waals surface area contributed by atoms with Crippen molar-refractivity contribution in [3.05, 3.63) is 29.8 Å². The van der Waals surface area contributed by atoms with Crippen molar-refractivity contribution in [2.45, 2.75) is 51.0 Å². The van der Waals surface area contributed by atoms with Crippen LogP contribution in [0.5, 0.6) is 0 Å². The number of sulfonamides is 1. The highest BCUT2D eigenvalue weighted by molar-refractivity contribution is 7.89. The molecule has 0 bridgehead atoms. The van der Waals surface area contributed by atoms with Crippen LogP contribution in [0.3, 0.4) is 0 Å². The molecule has 0 saturated heterocycles. The van der Waals surface area contributed by atoms with Crippen molar-refractivity contribution in [2.24, 2.45) is 0 Å². The molecule has 0 atom stereocenters. The molecule has 0 fully saturated rings. The summed E-state index contributed by atoms with van der Waals surface area (Å²) in [5, 5.41) is 0. The van der Waals surface area contributed by atoms with Crippen LogP contribution in [0, 0.1) is 0 Å². The van der Waals surface area contributed by atoms with Crippen molar-refractivity contribution in [1.82, 2.24) is 4.72 Å². The molecule has 1 aromatic rings. The van der Waals surface area contributed by atoms with E-state index in [1.54, 1.807) is 19.1 Å². The minimum atomic E-state index is -3.55. The maximum absolute atomic E-state index is 12.2. The van der Waals surface area contributed by atoms with Crippen molar-refractivity contribution >= 4 is 15.8 Å². The van der Waals surface area contributed by atoms with Gasteiger partial charge in [-0.15, -0.1) is 0 Å². The zero-order chi connectivity index (χ0) is 14.5. The molecule has 5 heteroatoms. The van der Waals surface area contributed by atoms with E-state index in [0.717, 1.165) is 12.8 Å². The van der Waals surface area contributed by atoms with Gasteiger partial charge in [0.15, 0.2) is 5.78 Å². The van der Waals surface area contributed by atoms with E-state index in [2.05, 4.69) is 4.72 Å². The Morgan fingerprint density at radius 2 is 1.84 bits per heavy atom. The number of hydrogen-bond acceptors (Lipinski definition) is 3. The molecule has 0 aliphatic rings. The van der Waals surface area contributed by atoms with Gasteiger partial charge in [0.05, 0.1) is 4.90 Å². The van der Waals surface area contributed by atoms with E-state index in [1.165, 1.54) is 12.1 Å². The Balaban J connectivity index is 3.05. The van der Waals surface area contributed by atoms with E-state index in [1.807, 2.05) is 13.8 Å². The molecule has 0 amide bonds. The molecule has 1 rings (SSSR count). The van der Waals surface area contributed by atoms with Crippen molar-refractivity contribution in [2.75, 3.05) is 0 Å². The number of nitrogens with one attached hydrogen (secondary N) is 1. The monoisotopic (exact) mass is 283 g/mol. The molecule has 0 radical (unpaired) electrons. The van der Waals surface area contributed by atoms with Gasteiger partial charge in [-0.05, 0) is 25.0 Å². The van der Waals surface area contributed by atoms with Gasteiger partial charge in [-0.1, -0.05) is 32.9 Å². The van der Waals surface area contributed by atoms with Crippen LogP contribution in [-0.2, 0) is 10.0 Å². The number of carbonyl (C=O) groups is 1. The average molecular weight is 283 g/mol. The van der Waals surface area contributed by atoms with E-state index in [-0.39, 0.29) is 16.7 Å². The molecular weight excluding hydrogens is 262 g/mol. The third-order valence-electron chi connectivity index (χ3n) is 3.09. The summed E-state index contributed by atoms with van der Waals surface area (Å²) in [6.45, 7) is 5.63. The number of carbonyl (C=O) groups excluding carboxylic acids is 1. The summed E-state index contributed by atoms with van der Waals surface area (Å²) in [5.41, 5.74) is 0.440. The van der Waals surface area contributed by atoms with E-state index >= 15 is 0 Å². The third-order valence-corrected chi connectivity index (χ3v) is 4.61. The fraction of sp³-hybridized carbons (Fsp3) is 0.500. The molecule has 0 spiro atoms. The highest BCUT2D eigenvalue weighted by Gasteiger charge is 2.18. The highest BCUT2D eigenvalue weighted by Crippen LogP contribution is 2.14. The minimum Gasteiger partial charge on any atom is -0.294 e. The first-order valence-corrected chi connectivity index (χ1v) is 8.08. The molecule has 4 nitrogen and oxygen atoms in total. The summed E-state index contributed by atoms with van der Waals surface area (Å²) in [6, 6.07) is 6.12. The fourth-order valence-electron chi connectivity index (χ4n) is 1.78. The van der Waals surface area contributed by atoms with Crippen LogP contribution in [0.15, 0.2) is 29.2 Å². The van der Waals surface area contributed by atoms with Gasteiger partial charge in [0.2, 0.25) is 10.0 Å². The number of ketones is 1. The smallest absolute Gasteiger partial charge is 0.240 e. The molecule has 106 valence electrons. The van der Waals surface area contributed by atoms with Gasteiger partial charge in [-0.25, -0.2) is 13.1 Å². The summed E-state index contributed by atoms with van der Waals surface area (Å²) >= 11 is 0. The van der Waals surface area contributed by atoms with Gasteiger partial charge in [0, 0.05) is 18.0 Å². The first-order valence-electron chi connectivity index (χ1n) is 6.60. The zero-order valence-electron chi connectivity index (χ0n) is 11.6. The van der Waals surface area contributed by atoms with Crippen molar-refractivity contribution in [3.8, 4) is 0 Å². The molecule has 1 aromatic carbocycles. The zero-order valence-corrected chi connectivity index (χ0v) is 12.5. The van der Waals surface area contributed by atoms with Gasteiger partial charge >= 0.3 is 0 Å². The Morgan fingerprint density at radius 1 is 1.21 bits per heavy atom. The number of Topliss-reactive ketones (excluding diaryl/α,β-unsaturated/α-hetero) is 1. The molecule has 0 aromatic heterocycles. The molecule has 0 aliphatic carbocycles. The Bertz CT molecular complexity index is 533. The fourth-order valence-corrected chi connectivity index (χ4v) is 3.23. The van der Waals surface area contributed by atoms with E-state index in [4.69, 9.17) is 0 Å². The third kappa shape index (κ3) is 4.14. The molecule has 1 N–H and O–H groups in total. The first-order chi connectivity index (χ1) is 8.94. The number of benzene rings is 1. The van der Waals surface area contributed by atoms with Crippen LogP contribution >= 0.6 is 0 Å². The molecular formula is C14H21NO3S. The van der Waals surface area contributed by atoms with E-state index in [9.17, 15) is 13.2 Å². The van der Waals surface area contributed by atoms with Crippen LogP contribution in [0.1, 0.15) is 50.4 Å². The topological polar surface area (TPSA) is 63.2 Å². The first kappa shape index (κ1) is 15.9. The van der Waals surface area contributed by atoms with Crippen LogP contribution in [0.25, 0.3) is 0 Å². The molecule has 0 unspecified atom stereocenters. The van der Waals surface area contributed by atoms with Crippen LogP contribution in [-0.4, -0.2) is 20.2 Å². The second kappa shape index (κ2) is 6.82. The molecule has 0 heterocycles. The van der Waals surface area contributed by atoms with Gasteiger partial charge in [0.25, 0.3) is 0 Å². The van der Waals surface area contributed by atoms with Crippen molar-refractivity contribution in [1.29, 1.82) is 0 Å². The SMILES string of the molecule is CCC(=O)c1cccc(S(=O)(=O)NC(CC)CC)c1. The van der Waals surface area contributed by atoms with Crippen LogP contribution in [0.4, 0.5) is 0 Å². The predicted octanol–water partition coefficient (Wildman–Crippen LogP) is 2.75. The Labute approximate surface area is 115 Å². The largest absolute Gasteiger partial charge is 0.294 e. The lowest BCUT2D eigenvalue weighted by Crippen LogP contribution is -2.33.